The highest BCUT2D eigenvalue weighted by atomic mass is 35.5. The Kier molecular flexibility index (Phi) is 5.26. The van der Waals surface area contributed by atoms with Gasteiger partial charge in [-0.2, -0.15) is 17.6 Å². The zero-order valence-electron chi connectivity index (χ0n) is 14.9. The van der Waals surface area contributed by atoms with Crippen molar-refractivity contribution in [3.8, 4) is 0 Å². The number of hydrogen-bond donors (Lipinski definition) is 2. The monoisotopic (exact) mass is 430 g/mol. The van der Waals surface area contributed by atoms with Gasteiger partial charge in [-0.15, -0.1) is 0 Å². The van der Waals surface area contributed by atoms with Crippen molar-refractivity contribution in [2.45, 2.75) is 24.5 Å². The summed E-state index contributed by atoms with van der Waals surface area (Å²) >= 11 is 5.73. The molecule has 0 saturated carbocycles. The van der Waals surface area contributed by atoms with Crippen LogP contribution in [0.4, 0.5) is 23.2 Å². The Bertz CT molecular complexity index is 967. The molecule has 1 aromatic heterocycles. The number of aliphatic imine (C=N–C) groups is 1. The van der Waals surface area contributed by atoms with Gasteiger partial charge in [-0.3, -0.25) is 9.79 Å². The molecule has 2 aromatic rings. The number of rotatable bonds is 3. The van der Waals surface area contributed by atoms with Crippen molar-refractivity contribution in [2.75, 3.05) is 11.9 Å². The number of carbonyl (C=O) groups is 1. The maximum absolute atomic E-state index is 14.1. The number of pyridine rings is 1. The number of anilines is 1. The molecule has 3 rings (SSSR count). The van der Waals surface area contributed by atoms with Crippen LogP contribution in [-0.4, -0.2) is 35.4 Å². The average Bonchev–Trinajstić information content (AvgIpc) is 2.65. The van der Waals surface area contributed by atoms with Crippen LogP contribution in [0.5, 0.6) is 0 Å². The van der Waals surface area contributed by atoms with E-state index >= 15 is 0 Å². The van der Waals surface area contributed by atoms with Crippen molar-refractivity contribution in [3.63, 3.8) is 0 Å². The van der Waals surface area contributed by atoms with Gasteiger partial charge in [0.25, 0.3) is 5.91 Å². The summed E-state index contributed by atoms with van der Waals surface area (Å²) in [5.74, 6) is -5.98. The van der Waals surface area contributed by atoms with Gasteiger partial charge in [-0.05, 0) is 36.8 Å². The number of nitrogens with two attached hydrogens (primary N) is 1. The van der Waals surface area contributed by atoms with Crippen LogP contribution in [0.3, 0.4) is 0 Å². The largest absolute Gasteiger partial charge is 0.456 e. The molecule has 2 atom stereocenters. The van der Waals surface area contributed by atoms with Crippen molar-refractivity contribution in [3.05, 3.63) is 58.9 Å². The van der Waals surface area contributed by atoms with Crippen molar-refractivity contribution < 1.29 is 27.1 Å². The minimum absolute atomic E-state index is 0.113. The van der Waals surface area contributed by atoms with Crippen LogP contribution in [0.1, 0.15) is 23.0 Å². The van der Waals surface area contributed by atoms with E-state index in [4.69, 9.17) is 17.3 Å². The minimum atomic E-state index is -5.36. The van der Waals surface area contributed by atoms with Crippen molar-refractivity contribution >= 4 is 29.0 Å². The molecule has 2 heterocycles. The standard InChI is InChI=1S/C18H15ClF4N4O2/c1-16(9-29-17(20,15(24)27-16)18(21,22)23)10-3-2-4-12(7-10)26-14(28)13-6-5-11(19)8-25-13/h2-8H,9H2,1H3,(H2,24,27)(H,26,28). The van der Waals surface area contributed by atoms with E-state index in [0.29, 0.717) is 16.3 Å². The third-order valence-corrected chi connectivity index (χ3v) is 4.54. The quantitative estimate of drug-likeness (QED) is 0.724. The fraction of sp³-hybridized carbons (Fsp3) is 0.278. The second kappa shape index (κ2) is 7.27. The normalized spacial score (nSPS) is 24.7. The van der Waals surface area contributed by atoms with Gasteiger partial charge < -0.3 is 15.8 Å². The summed E-state index contributed by atoms with van der Waals surface area (Å²) in [5, 5.41) is 2.97. The molecule has 6 nitrogen and oxygen atoms in total. The number of carbonyl (C=O) groups excluding carboxylic acids is 1. The lowest BCUT2D eigenvalue weighted by Gasteiger charge is -2.38. The highest BCUT2D eigenvalue weighted by Crippen LogP contribution is 2.42. The van der Waals surface area contributed by atoms with Crippen LogP contribution in [0.15, 0.2) is 47.6 Å². The Labute approximate surface area is 167 Å². The first-order valence-corrected chi connectivity index (χ1v) is 8.61. The Balaban J connectivity index is 1.86. The number of amidine groups is 1. The molecule has 29 heavy (non-hydrogen) atoms. The molecule has 0 saturated heterocycles. The topological polar surface area (TPSA) is 89.6 Å². The third kappa shape index (κ3) is 4.03. The number of halogens is 5. The van der Waals surface area contributed by atoms with E-state index in [0.717, 1.165) is 0 Å². The molecular formula is C18H15ClF4N4O2. The number of ether oxygens (including phenoxy) is 1. The number of nitrogens with zero attached hydrogens (tertiary/aromatic N) is 2. The van der Waals surface area contributed by atoms with Gasteiger partial charge >= 0.3 is 12.0 Å². The molecule has 1 aromatic carbocycles. The van der Waals surface area contributed by atoms with E-state index in [1.807, 2.05) is 0 Å². The van der Waals surface area contributed by atoms with Crippen LogP contribution in [0.25, 0.3) is 0 Å². The predicted molar refractivity (Wildman–Crippen MR) is 98.5 cm³/mol. The molecule has 3 N–H and O–H groups in total. The molecule has 11 heteroatoms. The Hall–Kier alpha value is -2.72. The Morgan fingerprint density at radius 1 is 1.31 bits per heavy atom. The minimum Gasteiger partial charge on any atom is -0.382 e. The summed E-state index contributed by atoms with van der Waals surface area (Å²) in [7, 11) is 0. The van der Waals surface area contributed by atoms with Crippen LogP contribution >= 0.6 is 11.6 Å². The number of benzene rings is 1. The lowest BCUT2D eigenvalue weighted by Crippen LogP contribution is -2.59. The van der Waals surface area contributed by atoms with Crippen LogP contribution in [0.2, 0.25) is 5.02 Å². The SMILES string of the molecule is CC1(c2cccc(NC(=O)c3ccc(Cl)cn3)c2)COC(F)(C(F)(F)F)C(N)=N1. The number of aromatic nitrogens is 1. The molecular weight excluding hydrogens is 416 g/mol. The molecule has 0 radical (unpaired) electrons. The first-order valence-electron chi connectivity index (χ1n) is 8.23. The summed E-state index contributed by atoms with van der Waals surface area (Å²) in [6.45, 7) is 0.733. The number of amides is 1. The van der Waals surface area contributed by atoms with Gasteiger partial charge in [0, 0.05) is 11.9 Å². The second-order valence-corrected chi connectivity index (χ2v) is 6.99. The zero-order chi connectivity index (χ0) is 21.4. The second-order valence-electron chi connectivity index (χ2n) is 6.55. The fourth-order valence-electron chi connectivity index (χ4n) is 2.70. The van der Waals surface area contributed by atoms with E-state index in [1.165, 1.54) is 31.3 Å². The van der Waals surface area contributed by atoms with Gasteiger partial charge in [0.2, 0.25) is 0 Å². The van der Waals surface area contributed by atoms with Crippen LogP contribution in [0, 0.1) is 0 Å². The van der Waals surface area contributed by atoms with E-state index in [2.05, 4.69) is 20.0 Å². The van der Waals surface area contributed by atoms with Crippen LogP contribution < -0.4 is 11.1 Å². The maximum Gasteiger partial charge on any atom is 0.456 e. The summed E-state index contributed by atoms with van der Waals surface area (Å²) in [6, 6.07) is 9.08. The predicted octanol–water partition coefficient (Wildman–Crippen LogP) is 3.82. The lowest BCUT2D eigenvalue weighted by atomic mass is 9.91. The maximum atomic E-state index is 14.1. The highest BCUT2D eigenvalue weighted by Gasteiger charge is 2.63. The smallest absolute Gasteiger partial charge is 0.382 e. The van der Waals surface area contributed by atoms with Gasteiger partial charge in [-0.25, -0.2) is 4.98 Å². The highest BCUT2D eigenvalue weighted by molar-refractivity contribution is 6.30. The Morgan fingerprint density at radius 2 is 2.03 bits per heavy atom. The van der Waals surface area contributed by atoms with Crippen molar-refractivity contribution in [1.29, 1.82) is 0 Å². The summed E-state index contributed by atoms with van der Waals surface area (Å²) in [6.07, 6.45) is -4.04. The third-order valence-electron chi connectivity index (χ3n) is 4.32. The zero-order valence-corrected chi connectivity index (χ0v) is 15.7. The fourth-order valence-corrected chi connectivity index (χ4v) is 2.81. The van der Waals surface area contributed by atoms with E-state index in [-0.39, 0.29) is 5.69 Å². The molecule has 2 unspecified atom stereocenters. The first kappa shape index (κ1) is 21.0. The van der Waals surface area contributed by atoms with E-state index < -0.39 is 35.9 Å². The van der Waals surface area contributed by atoms with Gasteiger partial charge in [-0.1, -0.05) is 23.7 Å². The summed E-state index contributed by atoms with van der Waals surface area (Å²) in [4.78, 5) is 19.9. The van der Waals surface area contributed by atoms with Crippen molar-refractivity contribution in [2.24, 2.45) is 10.7 Å². The summed E-state index contributed by atoms with van der Waals surface area (Å²) < 4.78 is 57.3. The Morgan fingerprint density at radius 3 is 2.62 bits per heavy atom. The van der Waals surface area contributed by atoms with Crippen molar-refractivity contribution in [1.82, 2.24) is 4.98 Å². The average molecular weight is 431 g/mol. The molecule has 1 aliphatic rings. The number of nitrogens with one attached hydrogen (secondary N) is 1. The lowest BCUT2D eigenvalue weighted by molar-refractivity contribution is -0.306. The molecule has 154 valence electrons. The summed E-state index contributed by atoms with van der Waals surface area (Å²) in [5.41, 5.74) is 4.68. The van der Waals surface area contributed by atoms with Gasteiger partial charge in [0.1, 0.15) is 11.2 Å². The molecule has 0 bridgehead atoms. The van der Waals surface area contributed by atoms with E-state index in [1.54, 1.807) is 18.2 Å². The van der Waals surface area contributed by atoms with Gasteiger partial charge in [0.05, 0.1) is 11.6 Å². The molecule has 0 fully saturated rings. The first-order chi connectivity index (χ1) is 13.4. The number of alkyl halides is 4. The molecule has 0 aliphatic carbocycles. The van der Waals surface area contributed by atoms with Gasteiger partial charge in [0.15, 0.2) is 5.84 Å². The molecule has 1 aliphatic heterocycles. The van der Waals surface area contributed by atoms with E-state index in [9.17, 15) is 22.4 Å². The van der Waals surface area contributed by atoms with Crippen LogP contribution in [-0.2, 0) is 10.3 Å². The molecule has 1 amide bonds. The molecule has 0 spiro atoms. The number of hydrogen-bond acceptors (Lipinski definition) is 5.